The first-order valence-corrected chi connectivity index (χ1v) is 11.0. The predicted molar refractivity (Wildman–Crippen MR) is 128 cm³/mol. The Hall–Kier alpha value is -2.87. The summed E-state index contributed by atoms with van der Waals surface area (Å²) in [6, 6.07) is 12.1. The molecule has 3 N–H and O–H groups in total. The van der Waals surface area contributed by atoms with Crippen LogP contribution in [0.5, 0.6) is 17.2 Å². The summed E-state index contributed by atoms with van der Waals surface area (Å²) in [7, 11) is 6.70. The van der Waals surface area contributed by atoms with Gasteiger partial charge in [0, 0.05) is 35.1 Å². The van der Waals surface area contributed by atoms with Crippen molar-refractivity contribution in [2.45, 2.75) is 31.8 Å². The van der Waals surface area contributed by atoms with Crippen LogP contribution in [-0.2, 0) is 27.2 Å². The van der Waals surface area contributed by atoms with Crippen LogP contribution in [0.1, 0.15) is 24.0 Å². The van der Waals surface area contributed by atoms with Gasteiger partial charge in [-0.1, -0.05) is 30.3 Å². The van der Waals surface area contributed by atoms with Gasteiger partial charge in [0.1, 0.15) is 17.2 Å². The molecular weight excluding hydrogens is 445 g/mol. The number of nitrogens with two attached hydrogens (primary N) is 1. The van der Waals surface area contributed by atoms with Gasteiger partial charge in [-0.15, -0.1) is 0 Å². The zero-order valence-corrected chi connectivity index (χ0v) is 20.4. The highest BCUT2D eigenvalue weighted by molar-refractivity contribution is 7.09. The van der Waals surface area contributed by atoms with Gasteiger partial charge in [-0.2, -0.15) is 0 Å². The van der Waals surface area contributed by atoms with Crippen molar-refractivity contribution in [2.24, 2.45) is 5.73 Å². The van der Waals surface area contributed by atoms with Crippen LogP contribution >= 0.6 is 9.47 Å². The highest BCUT2D eigenvalue weighted by atomic mass is 31.0. The van der Waals surface area contributed by atoms with E-state index in [2.05, 4.69) is 14.8 Å². The number of ether oxygens (including phenoxy) is 3. The van der Waals surface area contributed by atoms with Crippen molar-refractivity contribution in [3.63, 3.8) is 0 Å². The first kappa shape index (κ1) is 26.4. The van der Waals surface area contributed by atoms with Gasteiger partial charge < -0.3 is 25.3 Å². The Labute approximate surface area is 196 Å². The van der Waals surface area contributed by atoms with E-state index in [9.17, 15) is 9.59 Å². The molecule has 1 unspecified atom stereocenters. The fourth-order valence-corrected chi connectivity index (χ4v) is 3.38. The van der Waals surface area contributed by atoms with E-state index in [-0.39, 0.29) is 18.4 Å². The zero-order valence-electron chi connectivity index (χ0n) is 19.2. The molecule has 2 aromatic rings. The molecular formula is C23H32N3O6P. The van der Waals surface area contributed by atoms with Crippen LogP contribution < -0.4 is 25.3 Å². The quantitative estimate of drug-likeness (QED) is 0.258. The molecule has 2 amide bonds. The van der Waals surface area contributed by atoms with E-state index in [1.165, 1.54) is 14.2 Å². The first-order valence-electron chi connectivity index (χ1n) is 10.5. The fraction of sp³-hybridized carbons (Fsp3) is 0.391. The second kappa shape index (κ2) is 13.6. The highest BCUT2D eigenvalue weighted by Gasteiger charge is 2.25. The van der Waals surface area contributed by atoms with Gasteiger partial charge in [0.2, 0.25) is 5.91 Å². The van der Waals surface area contributed by atoms with Crippen LogP contribution in [0, 0.1) is 0 Å². The van der Waals surface area contributed by atoms with Gasteiger partial charge in [-0.3, -0.25) is 14.2 Å². The van der Waals surface area contributed by atoms with Gasteiger partial charge in [-0.05, 0) is 18.4 Å². The lowest BCUT2D eigenvalue weighted by molar-refractivity contribution is -0.158. The van der Waals surface area contributed by atoms with E-state index >= 15 is 0 Å². The summed E-state index contributed by atoms with van der Waals surface area (Å²) >= 11 is 0. The Morgan fingerprint density at radius 2 is 1.76 bits per heavy atom. The molecule has 0 heterocycles. The van der Waals surface area contributed by atoms with Crippen LogP contribution in [0.2, 0.25) is 0 Å². The van der Waals surface area contributed by atoms with Gasteiger partial charge in [0.15, 0.2) is 0 Å². The Morgan fingerprint density at radius 1 is 1.12 bits per heavy atom. The number of hydrogen-bond acceptors (Lipinski definition) is 7. The van der Waals surface area contributed by atoms with Crippen molar-refractivity contribution in [3.05, 3.63) is 53.6 Å². The molecule has 0 aliphatic rings. The average molecular weight is 477 g/mol. The number of hydrogen-bond donors (Lipinski definition) is 2. The molecule has 0 fully saturated rings. The molecule has 2 aromatic carbocycles. The van der Waals surface area contributed by atoms with E-state index in [0.29, 0.717) is 48.7 Å². The van der Waals surface area contributed by atoms with E-state index in [1.54, 1.807) is 19.2 Å². The minimum absolute atomic E-state index is 0.0447. The topological polar surface area (TPSA) is 112 Å². The predicted octanol–water partition coefficient (Wildman–Crippen LogP) is 2.23. The first-order chi connectivity index (χ1) is 15.9. The summed E-state index contributed by atoms with van der Waals surface area (Å²) in [4.78, 5) is 24.3. The highest BCUT2D eigenvalue weighted by Crippen LogP contribution is 2.35. The number of carbonyl (C=O) groups excluding carboxylic acids is 2. The molecule has 9 nitrogen and oxygen atoms in total. The molecule has 0 saturated carbocycles. The second-order valence-corrected chi connectivity index (χ2v) is 7.42. The Balaban J connectivity index is 2.12. The van der Waals surface area contributed by atoms with Crippen LogP contribution in [0.25, 0.3) is 0 Å². The number of nitrogens with one attached hydrogen (secondary N) is 1. The van der Waals surface area contributed by atoms with Crippen LogP contribution in [0.3, 0.4) is 0 Å². The summed E-state index contributed by atoms with van der Waals surface area (Å²) in [6.07, 6.45) is 1.31. The molecule has 33 heavy (non-hydrogen) atoms. The molecule has 0 aliphatic carbocycles. The van der Waals surface area contributed by atoms with Crippen molar-refractivity contribution in [1.82, 2.24) is 10.4 Å². The van der Waals surface area contributed by atoms with Gasteiger partial charge in [0.05, 0.1) is 39.0 Å². The Bertz CT molecular complexity index is 887. The molecule has 180 valence electrons. The smallest absolute Gasteiger partial charge is 0.263 e. The molecule has 10 heteroatoms. The third-order valence-electron chi connectivity index (χ3n) is 4.97. The molecule has 2 atom stereocenters. The lowest BCUT2D eigenvalue weighted by Gasteiger charge is -2.25. The van der Waals surface area contributed by atoms with E-state index < -0.39 is 6.04 Å². The average Bonchev–Trinajstić information content (AvgIpc) is 2.84. The van der Waals surface area contributed by atoms with E-state index in [1.807, 2.05) is 30.3 Å². The van der Waals surface area contributed by atoms with Gasteiger partial charge >= 0.3 is 0 Å². The normalized spacial score (nSPS) is 11.4. The van der Waals surface area contributed by atoms with Crippen LogP contribution in [0.4, 0.5) is 0 Å². The lowest BCUT2D eigenvalue weighted by Crippen LogP contribution is -2.43. The van der Waals surface area contributed by atoms with Gasteiger partial charge in [-0.25, -0.2) is 5.06 Å². The molecule has 0 aromatic heterocycles. The summed E-state index contributed by atoms with van der Waals surface area (Å²) in [5.74, 6) is 1.03. The molecule has 2 rings (SSSR count). The standard InChI is InChI=1S/C23H32N3O6P/c1-25-22(27)10-7-11-31-17-13-20(29-2)18(21(14-17)30-3)15-26(32-33)23(28)19(24)12-16-8-5-4-6-9-16/h4-6,8-9,13-14,19H,7,10-12,15,24,33H2,1-3H3,(H,25,27)/t19-/m0/s1. The number of amides is 2. The summed E-state index contributed by atoms with van der Waals surface area (Å²) < 4.78 is 22.0. The minimum atomic E-state index is -0.784. The number of hydroxylamine groups is 2. The molecule has 0 radical (unpaired) electrons. The molecule has 0 spiro atoms. The third kappa shape index (κ3) is 7.89. The van der Waals surface area contributed by atoms with Crippen molar-refractivity contribution >= 4 is 21.3 Å². The monoisotopic (exact) mass is 477 g/mol. The fourth-order valence-electron chi connectivity index (χ4n) is 3.20. The third-order valence-corrected chi connectivity index (χ3v) is 5.22. The Morgan fingerprint density at radius 3 is 2.30 bits per heavy atom. The largest absolute Gasteiger partial charge is 0.496 e. The number of benzene rings is 2. The minimum Gasteiger partial charge on any atom is -0.496 e. The van der Waals surface area contributed by atoms with Crippen molar-refractivity contribution in [2.75, 3.05) is 27.9 Å². The zero-order chi connectivity index (χ0) is 24.2. The van der Waals surface area contributed by atoms with Crippen molar-refractivity contribution in [3.8, 4) is 17.2 Å². The van der Waals surface area contributed by atoms with Crippen LogP contribution in [0.15, 0.2) is 42.5 Å². The lowest BCUT2D eigenvalue weighted by atomic mass is 10.1. The van der Waals surface area contributed by atoms with Crippen LogP contribution in [-0.4, -0.2) is 50.8 Å². The number of carbonyl (C=O) groups is 2. The Kier molecular flexibility index (Phi) is 10.9. The van der Waals surface area contributed by atoms with E-state index in [4.69, 9.17) is 24.6 Å². The molecule has 0 saturated heterocycles. The molecule has 0 aliphatic heterocycles. The summed E-state index contributed by atoms with van der Waals surface area (Å²) in [6.45, 7) is 0.404. The maximum absolute atomic E-state index is 12.9. The number of methoxy groups -OCH3 is 2. The van der Waals surface area contributed by atoms with Gasteiger partial charge in [0.25, 0.3) is 5.91 Å². The van der Waals surface area contributed by atoms with Crippen molar-refractivity contribution in [1.29, 1.82) is 0 Å². The molecule has 0 bridgehead atoms. The maximum Gasteiger partial charge on any atom is 0.263 e. The maximum atomic E-state index is 12.9. The summed E-state index contributed by atoms with van der Waals surface area (Å²) in [5, 5.41) is 3.73. The summed E-state index contributed by atoms with van der Waals surface area (Å²) in [5.41, 5.74) is 7.70. The number of rotatable bonds is 13. The second-order valence-electron chi connectivity index (χ2n) is 7.21. The van der Waals surface area contributed by atoms with Crippen molar-refractivity contribution < 1.29 is 28.4 Å². The SMILES string of the molecule is CNC(=O)CCCOc1cc(OC)c(CN(OP)C(=O)[C@@H](N)Cc2ccccc2)c(OC)c1. The number of nitrogens with zero attached hydrogens (tertiary/aromatic N) is 1. The van der Waals surface area contributed by atoms with E-state index in [0.717, 1.165) is 10.6 Å².